The van der Waals surface area contributed by atoms with Crippen LogP contribution in [0.25, 0.3) is 28.0 Å². The summed E-state index contributed by atoms with van der Waals surface area (Å²) < 4.78 is 6.84. The van der Waals surface area contributed by atoms with E-state index >= 15 is 0 Å². The molecule has 1 heteroatoms. The first-order chi connectivity index (χ1) is 23.0. The van der Waals surface area contributed by atoms with Crippen LogP contribution in [-0.2, 0) is 10.8 Å². The van der Waals surface area contributed by atoms with Crippen LogP contribution in [-0.4, -0.2) is 0 Å². The van der Waals surface area contributed by atoms with Crippen LogP contribution in [0.3, 0.4) is 0 Å². The molecule has 5 aromatic carbocycles. The van der Waals surface area contributed by atoms with E-state index in [0.717, 1.165) is 24.3 Å². The van der Waals surface area contributed by atoms with Crippen LogP contribution in [0.1, 0.15) is 99.2 Å². The Morgan fingerprint density at radius 3 is 2.27 bits per heavy atom. The predicted molar refractivity (Wildman–Crippen MR) is 201 cm³/mol. The molecule has 0 aromatic heterocycles. The maximum atomic E-state index is 6.84. The largest absolute Gasteiger partial charge is 0.457 e. The first-order valence-corrected chi connectivity index (χ1v) is 17.7. The highest BCUT2D eigenvalue weighted by Gasteiger charge is 2.51. The molecule has 48 heavy (non-hydrogen) atoms. The number of ether oxygens (including phenoxy) is 1. The second-order valence-electron chi connectivity index (χ2n) is 16.4. The molecule has 0 spiro atoms. The number of hydrogen-bond acceptors (Lipinski definition) is 1. The summed E-state index contributed by atoms with van der Waals surface area (Å²) in [5.41, 5.74) is 13.4. The van der Waals surface area contributed by atoms with E-state index in [-0.39, 0.29) is 28.1 Å². The van der Waals surface area contributed by atoms with Crippen LogP contribution in [0, 0.1) is 11.3 Å². The number of hydrogen-bond donors (Lipinski definition) is 0. The van der Waals surface area contributed by atoms with Gasteiger partial charge >= 0.3 is 0 Å². The maximum absolute atomic E-state index is 6.84. The van der Waals surface area contributed by atoms with Crippen LogP contribution in [0.4, 0.5) is 0 Å². The third-order valence-corrected chi connectivity index (χ3v) is 11.6. The highest BCUT2D eigenvalue weighted by molar-refractivity contribution is 6.04. The molecule has 1 aliphatic heterocycles. The van der Waals surface area contributed by atoms with E-state index in [1.54, 1.807) is 0 Å². The Morgan fingerprint density at radius 2 is 1.52 bits per heavy atom. The second kappa shape index (κ2) is 10.2. The first-order valence-electron chi connectivity index (χ1n) is 17.7. The standard InChI is InChI=1S/C47H44O/c1-45(2,3)31-18-22-33(23-19-31)47(34-24-20-32(21-25-34)46(4,5)6)39-26-17-29-11-7-8-14-35(29)44(39)38-28-42-37(27-40(38)47)36-15-9-12-30-13-10-16-41(48-42)43(30)36/h7-14,16-24,26-28,34,36H,15,25H2,1-6H3. The minimum Gasteiger partial charge on any atom is -0.457 e. The van der Waals surface area contributed by atoms with E-state index < -0.39 is 0 Å². The summed E-state index contributed by atoms with van der Waals surface area (Å²) >= 11 is 0. The molecule has 9 rings (SSSR count). The van der Waals surface area contributed by atoms with Crippen LogP contribution in [0.15, 0.2) is 121 Å². The van der Waals surface area contributed by atoms with Crippen LogP contribution in [0.5, 0.6) is 11.5 Å². The van der Waals surface area contributed by atoms with Crippen molar-refractivity contribution in [1.82, 2.24) is 0 Å². The van der Waals surface area contributed by atoms with Crippen molar-refractivity contribution in [3.05, 3.63) is 160 Å². The molecule has 0 saturated heterocycles. The van der Waals surface area contributed by atoms with Gasteiger partial charge in [0.05, 0.1) is 5.41 Å². The fourth-order valence-electron chi connectivity index (χ4n) is 9.20. The number of benzene rings is 5. The second-order valence-corrected chi connectivity index (χ2v) is 16.4. The van der Waals surface area contributed by atoms with Crippen molar-refractivity contribution < 1.29 is 4.74 Å². The van der Waals surface area contributed by atoms with E-state index in [1.807, 2.05) is 0 Å². The molecule has 0 bridgehead atoms. The van der Waals surface area contributed by atoms with Crippen molar-refractivity contribution in [2.24, 2.45) is 11.3 Å². The van der Waals surface area contributed by atoms with Gasteiger partial charge in [-0.3, -0.25) is 0 Å². The molecule has 1 heterocycles. The van der Waals surface area contributed by atoms with Crippen molar-refractivity contribution in [3.63, 3.8) is 0 Å². The van der Waals surface area contributed by atoms with E-state index in [2.05, 4.69) is 163 Å². The van der Waals surface area contributed by atoms with Crippen molar-refractivity contribution in [1.29, 1.82) is 0 Å². The van der Waals surface area contributed by atoms with E-state index in [0.29, 0.717) is 0 Å². The predicted octanol–water partition coefficient (Wildman–Crippen LogP) is 12.7. The van der Waals surface area contributed by atoms with Gasteiger partial charge in [-0.25, -0.2) is 0 Å². The van der Waals surface area contributed by atoms with Crippen molar-refractivity contribution in [2.45, 2.75) is 71.1 Å². The van der Waals surface area contributed by atoms with Gasteiger partial charge in [0.1, 0.15) is 11.5 Å². The third kappa shape index (κ3) is 4.16. The van der Waals surface area contributed by atoms with Crippen molar-refractivity contribution in [2.75, 3.05) is 0 Å². The lowest BCUT2D eigenvalue weighted by molar-refractivity contribution is 0.433. The molecule has 0 saturated carbocycles. The summed E-state index contributed by atoms with van der Waals surface area (Å²) in [5, 5.41) is 2.59. The van der Waals surface area contributed by atoms with Crippen molar-refractivity contribution in [3.8, 4) is 22.6 Å². The van der Waals surface area contributed by atoms with E-state index in [1.165, 1.54) is 66.4 Å². The molecule has 3 unspecified atom stereocenters. The average molecular weight is 625 g/mol. The molecular weight excluding hydrogens is 581 g/mol. The van der Waals surface area contributed by atoms with Gasteiger partial charge in [0.25, 0.3) is 0 Å². The van der Waals surface area contributed by atoms with Crippen molar-refractivity contribution >= 4 is 16.8 Å². The highest BCUT2D eigenvalue weighted by Crippen LogP contribution is 2.62. The molecule has 1 nitrogen and oxygen atoms in total. The average Bonchev–Trinajstić information content (AvgIpc) is 3.37. The SMILES string of the molecule is CC(C)(C)C1=CCC(C2(c3ccc(C(C)(C)C)cc3)c3cc4c(cc3-c3c2ccc2ccccc32)Oc2cccc3c2C4CC=C3)C=C1. The molecule has 3 atom stereocenters. The third-order valence-electron chi connectivity index (χ3n) is 11.6. The van der Waals surface area contributed by atoms with Gasteiger partial charge in [0.2, 0.25) is 0 Å². The summed E-state index contributed by atoms with van der Waals surface area (Å²) in [6.07, 6.45) is 14.1. The fraction of sp³-hybridized carbons (Fsp3) is 0.277. The Bertz CT molecular complexity index is 2230. The van der Waals surface area contributed by atoms with Crippen LogP contribution >= 0.6 is 0 Å². The summed E-state index contributed by atoms with van der Waals surface area (Å²) in [5.74, 6) is 2.54. The zero-order chi connectivity index (χ0) is 33.0. The normalized spacial score (nSPS) is 22.0. The molecule has 238 valence electrons. The lowest BCUT2D eigenvalue weighted by Gasteiger charge is -2.42. The fourth-order valence-corrected chi connectivity index (χ4v) is 9.20. The zero-order valence-corrected chi connectivity index (χ0v) is 29.0. The Labute approximate surface area is 285 Å². The smallest absolute Gasteiger partial charge is 0.131 e. The lowest BCUT2D eigenvalue weighted by atomic mass is 9.61. The number of rotatable bonds is 2. The molecule has 3 aliphatic carbocycles. The molecule has 4 aliphatic rings. The molecule has 5 aromatic rings. The Morgan fingerprint density at radius 1 is 0.708 bits per heavy atom. The quantitative estimate of drug-likeness (QED) is 0.190. The molecule has 0 N–H and O–H groups in total. The Balaban J connectivity index is 1.36. The summed E-state index contributed by atoms with van der Waals surface area (Å²) in [6.45, 7) is 13.9. The van der Waals surface area contributed by atoms with E-state index in [9.17, 15) is 0 Å². The molecule has 0 amide bonds. The maximum Gasteiger partial charge on any atom is 0.131 e. The summed E-state index contributed by atoms with van der Waals surface area (Å²) in [7, 11) is 0. The van der Waals surface area contributed by atoms with Gasteiger partial charge < -0.3 is 4.74 Å². The highest BCUT2D eigenvalue weighted by atomic mass is 16.5. The monoisotopic (exact) mass is 624 g/mol. The Hall–Kier alpha value is -4.62. The number of fused-ring (bicyclic) bond motifs is 7. The molecule has 0 radical (unpaired) electrons. The zero-order valence-electron chi connectivity index (χ0n) is 29.0. The van der Waals surface area contributed by atoms with Gasteiger partial charge in [0, 0.05) is 17.0 Å². The van der Waals surface area contributed by atoms with Gasteiger partial charge in [-0.15, -0.1) is 0 Å². The van der Waals surface area contributed by atoms with Crippen LogP contribution in [0.2, 0.25) is 0 Å². The first kappa shape index (κ1) is 29.5. The Kier molecular flexibility index (Phi) is 6.27. The van der Waals surface area contributed by atoms with Gasteiger partial charge in [-0.1, -0.05) is 145 Å². The summed E-state index contributed by atoms with van der Waals surface area (Å²) in [6, 6.07) is 34.9. The minimum absolute atomic E-state index is 0.0818. The van der Waals surface area contributed by atoms with Gasteiger partial charge in [-0.05, 0) is 103 Å². The number of allylic oxidation sites excluding steroid dienone is 5. The lowest BCUT2D eigenvalue weighted by Crippen LogP contribution is -2.36. The molecular formula is C47H44O. The molecule has 0 fully saturated rings. The van der Waals surface area contributed by atoms with Crippen LogP contribution < -0.4 is 4.74 Å². The summed E-state index contributed by atoms with van der Waals surface area (Å²) in [4.78, 5) is 0. The topological polar surface area (TPSA) is 9.23 Å². The van der Waals surface area contributed by atoms with E-state index in [4.69, 9.17) is 4.74 Å². The van der Waals surface area contributed by atoms with Gasteiger partial charge in [0.15, 0.2) is 0 Å². The van der Waals surface area contributed by atoms with Gasteiger partial charge in [-0.2, -0.15) is 0 Å². The minimum atomic E-state index is -0.360.